The van der Waals surface area contributed by atoms with Gasteiger partial charge in [-0.2, -0.15) is 0 Å². The highest BCUT2D eigenvalue weighted by Crippen LogP contribution is 2.27. The molecule has 0 unspecified atom stereocenters. The number of rotatable bonds is 35. The van der Waals surface area contributed by atoms with Crippen LogP contribution < -0.4 is 86.3 Å². The number of nitrogens with two attached hydrogens (primary N) is 3. The summed E-state index contributed by atoms with van der Waals surface area (Å²) in [5.41, 5.74) is 17.5. The van der Waals surface area contributed by atoms with Crippen molar-refractivity contribution in [1.29, 1.82) is 0 Å². The van der Waals surface area contributed by atoms with Crippen LogP contribution in [0.2, 0.25) is 0 Å². The second-order valence-corrected chi connectivity index (χ2v) is 28.1. The number of hydrogen-bond donors (Lipinski definition) is 21. The van der Waals surface area contributed by atoms with E-state index in [1.54, 1.807) is 23.6 Å². The number of esters is 1. The summed E-state index contributed by atoms with van der Waals surface area (Å²) >= 11 is 1.33. The molecule has 115 heavy (non-hydrogen) atoms. The average Bonchev–Trinajstić information content (AvgIpc) is 1.72. The Morgan fingerprint density at radius 3 is 1.70 bits per heavy atom. The first-order valence-electron chi connectivity index (χ1n) is 36.7. The van der Waals surface area contributed by atoms with Gasteiger partial charge in [0.2, 0.25) is 82.7 Å². The quantitative estimate of drug-likeness (QED) is 0.0114. The lowest BCUT2D eigenvalue weighted by molar-refractivity contribution is -0.156. The molecule has 1 fully saturated rings. The number of anilines is 1. The van der Waals surface area contributed by atoms with Crippen molar-refractivity contribution in [2.45, 2.75) is 209 Å². The predicted octanol–water partition coefficient (Wildman–Crippen LogP) is -4.89. The predicted molar refractivity (Wildman–Crippen MR) is 404 cm³/mol. The van der Waals surface area contributed by atoms with E-state index < -0.39 is 261 Å². The second kappa shape index (κ2) is 47.9. The lowest BCUT2D eigenvalue weighted by atomic mass is 9.96. The number of hydrogen-bond acceptors (Lipinski definition) is 25. The van der Waals surface area contributed by atoms with E-state index >= 15 is 0 Å². The molecular formula is C72H100N16O26S. The number of carbonyl (C=O) groups excluding carboxylic acids is 16. The number of cyclic esters (lactones) is 1. The summed E-state index contributed by atoms with van der Waals surface area (Å²) in [5, 5.41) is 80.5. The molecule has 1 aliphatic rings. The minimum atomic E-state index is -2.45. The number of carboxylic acid groups (broad SMARTS) is 4. The molecule has 1 saturated heterocycles. The van der Waals surface area contributed by atoms with Crippen molar-refractivity contribution in [2.75, 3.05) is 32.0 Å². The molecule has 14 amide bonds. The number of unbranched alkanes of at least 4 members (excludes halogenated alkanes) is 6. The summed E-state index contributed by atoms with van der Waals surface area (Å²) in [6, 6.07) is -10.3. The largest absolute Gasteiger partial charge is 0.481 e. The van der Waals surface area contributed by atoms with Crippen LogP contribution in [0.1, 0.15) is 146 Å². The fourth-order valence-corrected chi connectivity index (χ4v) is 12.6. The van der Waals surface area contributed by atoms with Gasteiger partial charge in [-0.1, -0.05) is 82.7 Å². The summed E-state index contributed by atoms with van der Waals surface area (Å²) in [7, 11) is 0. The number of aliphatic hydroxyl groups is 1. The highest BCUT2D eigenvalue weighted by Gasteiger charge is 2.41. The van der Waals surface area contributed by atoms with E-state index in [9.17, 15) is 121 Å². The van der Waals surface area contributed by atoms with Gasteiger partial charge in [0.25, 0.3) is 0 Å². The first kappa shape index (κ1) is 95.1. The zero-order valence-corrected chi connectivity index (χ0v) is 64.3. The maximum atomic E-state index is 14.8. The van der Waals surface area contributed by atoms with Crippen molar-refractivity contribution < 1.29 is 126 Å². The highest BCUT2D eigenvalue weighted by atomic mass is 32.1. The third-order valence-electron chi connectivity index (χ3n) is 17.7. The van der Waals surface area contributed by atoms with E-state index in [4.69, 9.17) is 21.9 Å². The van der Waals surface area contributed by atoms with E-state index in [1.165, 1.54) is 35.6 Å². The maximum absolute atomic E-state index is 14.8. The minimum Gasteiger partial charge on any atom is -0.481 e. The molecule has 1 aliphatic heterocycles. The van der Waals surface area contributed by atoms with Crippen molar-refractivity contribution >= 4 is 145 Å². The molecule has 24 N–H and O–H groups in total. The number of carbonyl (C=O) groups is 20. The number of carboxylic acids is 4. The number of para-hydroxylation sites is 1. The number of fused-ring (bicyclic) bond motifs is 1. The molecule has 0 spiro atoms. The molecular weight excluding hydrogens is 1540 g/mol. The highest BCUT2D eigenvalue weighted by molar-refractivity contribution is 7.17. The van der Waals surface area contributed by atoms with Gasteiger partial charge in [0.05, 0.1) is 51.8 Å². The monoisotopic (exact) mass is 1640 g/mol. The van der Waals surface area contributed by atoms with Gasteiger partial charge in [-0.15, -0.1) is 11.3 Å². The SMILES string of the molecule is CCCCCCCCCC(=O)N[C@@H](Cc1csc2ccccc12)C(=O)N[C@H](CC(N)=O)C(=O)N[C@@H](CC(=O)O)C(=O)N[C@@H]1C(=O)NCC(=O)N[C@@H](CCCN)C(=O)N[C@@H](CC(=O)O)C(=O)N[C@H](C)C(=O)N[C@@H](CC(=O)O)C(=O)NCC(=O)N[C@H](CO)C(=O)N[C@@H]([C@H](C)CC(=O)O)C(=O)N[C@@H](CC(=O)c2ccccc2N)C(=O)O[C@@H]1C. The van der Waals surface area contributed by atoms with Crippen LogP contribution >= 0.6 is 11.3 Å². The number of aliphatic hydroxyl groups excluding tert-OH is 1. The number of thiophene rings is 1. The Hall–Kier alpha value is -12.3. The molecule has 0 saturated carbocycles. The second-order valence-electron chi connectivity index (χ2n) is 27.1. The van der Waals surface area contributed by atoms with Gasteiger partial charge >= 0.3 is 29.8 Å². The standard InChI is InChI=1S/C72H100N16O26S/c1-5-6-7-8-9-10-11-22-53(92)80-43(25-38-34-115-51-21-15-13-17-39(38)51)66(107)83-44(27-52(75)91)67(108)85-47(30-59(101)102)68(109)88-61-37(4)114-72(113)48(26-50(90)40-18-12-14-19-41(40)74)86-71(112)60(35(2)24-56(95)96)87-69(110)49(33-89)81-55(94)31-76-63(104)45(28-57(97)98)82-62(103)36(3)78-65(106)46(29-58(99)100)84-64(105)42(20-16-23-73)79-54(93)32-77-70(61)111/h12-15,17-19,21,34-37,42-49,60-61,89H,5-11,16,20,22-33,73-74H2,1-4H3,(H2,75,91)(H,76,104)(H,77,111)(H,78,106)(H,79,93)(H,80,92)(H,81,94)(H,82,103)(H,83,107)(H,84,105)(H,85,108)(H,86,112)(H,87,110)(H,88,109)(H,95,96)(H,97,98)(H,99,100)(H,101,102)/t35-,36-,37-,42+,43+,44-,45+,46+,47+,48+,49-,60+,61+/m1/s1. The van der Waals surface area contributed by atoms with Gasteiger partial charge in [0.15, 0.2) is 5.78 Å². The summed E-state index contributed by atoms with van der Waals surface area (Å²) < 4.78 is 6.50. The molecule has 630 valence electrons. The number of benzene rings is 2. The molecule has 3 aromatic rings. The van der Waals surface area contributed by atoms with Crippen LogP contribution in [0.3, 0.4) is 0 Å². The fraction of sp³-hybridized carbons (Fsp3) is 0.528. The van der Waals surface area contributed by atoms with Gasteiger partial charge in [-0.25, -0.2) is 4.79 Å². The van der Waals surface area contributed by atoms with E-state index in [1.807, 2.05) is 22.0 Å². The maximum Gasteiger partial charge on any atom is 0.329 e. The molecule has 0 bridgehead atoms. The normalized spacial score (nSPS) is 21.2. The van der Waals surface area contributed by atoms with Gasteiger partial charge in [-0.05, 0) is 80.1 Å². The Morgan fingerprint density at radius 1 is 0.557 bits per heavy atom. The minimum absolute atomic E-state index is 0.00818. The van der Waals surface area contributed by atoms with Crippen molar-refractivity contribution in [3.8, 4) is 0 Å². The van der Waals surface area contributed by atoms with Gasteiger partial charge < -0.3 is 117 Å². The van der Waals surface area contributed by atoms with E-state index in [2.05, 4.69) is 60.1 Å². The zero-order chi connectivity index (χ0) is 85.8. The number of primary amides is 1. The van der Waals surface area contributed by atoms with Gasteiger partial charge in [0, 0.05) is 35.2 Å². The Morgan fingerprint density at radius 2 is 1.10 bits per heavy atom. The molecule has 1 aromatic heterocycles. The molecule has 2 aromatic carbocycles. The lowest BCUT2D eigenvalue weighted by Gasteiger charge is -2.30. The average molecular weight is 1640 g/mol. The van der Waals surface area contributed by atoms with Crippen LogP contribution in [0.4, 0.5) is 5.69 Å². The van der Waals surface area contributed by atoms with Crippen LogP contribution in [0.25, 0.3) is 10.1 Å². The fourth-order valence-electron chi connectivity index (χ4n) is 11.6. The van der Waals surface area contributed by atoms with Crippen LogP contribution in [-0.4, -0.2) is 243 Å². The number of nitrogens with one attached hydrogen (secondary N) is 13. The van der Waals surface area contributed by atoms with Crippen molar-refractivity contribution in [3.63, 3.8) is 0 Å². The van der Waals surface area contributed by atoms with Crippen LogP contribution in [-0.2, 0) is 102 Å². The first-order valence-corrected chi connectivity index (χ1v) is 37.6. The Bertz CT molecular complexity index is 4050. The van der Waals surface area contributed by atoms with E-state index in [0.29, 0.717) is 18.4 Å². The molecule has 2 heterocycles. The van der Waals surface area contributed by atoms with Crippen LogP contribution in [0.15, 0.2) is 53.9 Å². The molecule has 13 atom stereocenters. The molecule has 0 radical (unpaired) electrons. The van der Waals surface area contributed by atoms with Crippen molar-refractivity contribution in [1.82, 2.24) is 69.1 Å². The Balaban J connectivity index is 1.87. The van der Waals surface area contributed by atoms with Crippen LogP contribution in [0.5, 0.6) is 0 Å². The van der Waals surface area contributed by atoms with E-state index in [-0.39, 0.29) is 37.1 Å². The zero-order valence-electron chi connectivity index (χ0n) is 63.5. The molecule has 42 nitrogen and oxygen atoms in total. The molecule has 4 rings (SSSR count). The topological polar surface area (TPSA) is 686 Å². The van der Waals surface area contributed by atoms with E-state index in [0.717, 1.165) is 63.0 Å². The van der Waals surface area contributed by atoms with Crippen LogP contribution in [0, 0.1) is 5.92 Å². The van der Waals surface area contributed by atoms with Crippen molar-refractivity contribution in [2.24, 2.45) is 17.4 Å². The third kappa shape index (κ3) is 32.8. The number of ether oxygens (including phenoxy) is 1. The van der Waals surface area contributed by atoms with Gasteiger partial charge in [-0.3, -0.25) is 91.1 Å². The third-order valence-corrected chi connectivity index (χ3v) is 18.8. The summed E-state index contributed by atoms with van der Waals surface area (Å²) in [6.45, 7) is 1.13. The molecule has 43 heteroatoms. The number of amides is 14. The number of Topliss-reactive ketones (excluding diaryl/α,β-unsaturated/α-hetero) is 1. The summed E-state index contributed by atoms with van der Waals surface area (Å²) in [5.74, 6) is -29.7. The van der Waals surface area contributed by atoms with Gasteiger partial charge in [0.1, 0.15) is 72.6 Å². The number of ketones is 1. The number of aliphatic carboxylic acids is 4. The van der Waals surface area contributed by atoms with Crippen molar-refractivity contribution in [3.05, 3.63) is 65.0 Å². The number of nitrogen functional groups attached to an aromatic ring is 1. The summed E-state index contributed by atoms with van der Waals surface area (Å²) in [6.07, 6.45) is -3.80. The Labute approximate surface area is 661 Å². The lowest BCUT2D eigenvalue weighted by Crippen LogP contribution is -2.62. The Kier molecular flexibility index (Phi) is 39.6. The summed E-state index contributed by atoms with van der Waals surface area (Å²) in [4.78, 5) is 273. The first-order chi connectivity index (χ1) is 54.4. The molecule has 0 aliphatic carbocycles. The smallest absolute Gasteiger partial charge is 0.329 e.